The van der Waals surface area contributed by atoms with Gasteiger partial charge in [-0.25, -0.2) is 4.68 Å². The molecule has 2 heterocycles. The molecule has 1 aromatic carbocycles. The summed E-state index contributed by atoms with van der Waals surface area (Å²) in [5.74, 6) is -0.146. The van der Waals surface area contributed by atoms with E-state index in [0.29, 0.717) is 18.4 Å². The summed E-state index contributed by atoms with van der Waals surface area (Å²) < 4.78 is 3.33. The molecule has 24 heavy (non-hydrogen) atoms. The first kappa shape index (κ1) is 16.6. The Bertz CT molecular complexity index is 958. The normalized spacial score (nSPS) is 12.6. The number of nitrogens with one attached hydrogen (secondary N) is 1. The molecule has 0 radical (unpaired) electrons. The molecular formula is C18H21N3O2S. The third-order valence-electron chi connectivity index (χ3n) is 4.14. The largest absolute Gasteiger partial charge is 0.354 e. The summed E-state index contributed by atoms with van der Waals surface area (Å²) in [6, 6.07) is 7.28. The fourth-order valence-corrected chi connectivity index (χ4v) is 4.06. The Kier molecular flexibility index (Phi) is 4.66. The number of rotatable bonds is 5. The first-order valence-corrected chi connectivity index (χ1v) is 9.08. The number of aryl methyl sites for hydroxylation is 1. The SMILES string of the molecule is CCCNC(=O)[C@@H](CC)n1nc(C)c2sc3ccccc3c2c1=O. The minimum absolute atomic E-state index is 0.146. The van der Waals surface area contributed by atoms with Gasteiger partial charge in [-0.2, -0.15) is 5.10 Å². The zero-order valence-electron chi connectivity index (χ0n) is 14.1. The van der Waals surface area contributed by atoms with Crippen molar-refractivity contribution in [3.8, 4) is 0 Å². The van der Waals surface area contributed by atoms with Crippen molar-refractivity contribution in [2.24, 2.45) is 0 Å². The molecule has 1 N–H and O–H groups in total. The molecule has 0 aliphatic carbocycles. The molecule has 0 unspecified atom stereocenters. The molecule has 0 spiro atoms. The summed E-state index contributed by atoms with van der Waals surface area (Å²) in [5, 5.41) is 8.93. The summed E-state index contributed by atoms with van der Waals surface area (Å²) in [4.78, 5) is 25.5. The van der Waals surface area contributed by atoms with Gasteiger partial charge in [0.25, 0.3) is 5.56 Å². The van der Waals surface area contributed by atoms with Gasteiger partial charge in [-0.05, 0) is 25.8 Å². The van der Waals surface area contributed by atoms with Crippen molar-refractivity contribution in [3.63, 3.8) is 0 Å². The summed E-state index contributed by atoms with van der Waals surface area (Å²) in [6.45, 7) is 6.39. The Balaban J connectivity index is 2.21. The lowest BCUT2D eigenvalue weighted by Crippen LogP contribution is -2.38. The predicted octanol–water partition coefficient (Wildman–Crippen LogP) is 3.40. The van der Waals surface area contributed by atoms with Crippen LogP contribution >= 0.6 is 11.3 Å². The third-order valence-corrected chi connectivity index (χ3v) is 5.42. The third kappa shape index (κ3) is 2.71. The van der Waals surface area contributed by atoms with Crippen molar-refractivity contribution in [1.29, 1.82) is 0 Å². The van der Waals surface area contributed by atoms with E-state index in [1.807, 2.05) is 45.0 Å². The van der Waals surface area contributed by atoms with Crippen LogP contribution in [0, 0.1) is 6.92 Å². The number of thiophene rings is 1. The number of hydrogen-bond acceptors (Lipinski definition) is 4. The zero-order valence-corrected chi connectivity index (χ0v) is 14.9. The molecule has 0 saturated carbocycles. The van der Waals surface area contributed by atoms with Crippen LogP contribution in [0.25, 0.3) is 20.2 Å². The molecule has 1 amide bonds. The summed E-state index contributed by atoms with van der Waals surface area (Å²) >= 11 is 1.58. The summed E-state index contributed by atoms with van der Waals surface area (Å²) in [7, 11) is 0. The van der Waals surface area contributed by atoms with Crippen LogP contribution < -0.4 is 10.9 Å². The van der Waals surface area contributed by atoms with Gasteiger partial charge in [0, 0.05) is 16.6 Å². The van der Waals surface area contributed by atoms with Crippen molar-refractivity contribution >= 4 is 37.4 Å². The Labute approximate surface area is 144 Å². The maximum Gasteiger partial charge on any atom is 0.276 e. The van der Waals surface area contributed by atoms with Gasteiger partial charge in [-0.3, -0.25) is 9.59 Å². The van der Waals surface area contributed by atoms with Gasteiger partial charge in [0.05, 0.1) is 15.8 Å². The van der Waals surface area contributed by atoms with Crippen LogP contribution in [0.1, 0.15) is 38.4 Å². The molecule has 3 rings (SSSR count). The topological polar surface area (TPSA) is 64.0 Å². The molecule has 1 atom stereocenters. The van der Waals surface area contributed by atoms with Crippen molar-refractivity contribution < 1.29 is 4.79 Å². The van der Waals surface area contributed by atoms with Gasteiger partial charge in [-0.1, -0.05) is 32.0 Å². The van der Waals surface area contributed by atoms with E-state index in [1.165, 1.54) is 4.68 Å². The highest BCUT2D eigenvalue weighted by Crippen LogP contribution is 2.33. The zero-order chi connectivity index (χ0) is 17.3. The predicted molar refractivity (Wildman–Crippen MR) is 98.8 cm³/mol. The summed E-state index contributed by atoms with van der Waals surface area (Å²) in [6.07, 6.45) is 1.38. The number of nitrogens with zero attached hydrogens (tertiary/aromatic N) is 2. The van der Waals surface area contributed by atoms with E-state index in [1.54, 1.807) is 11.3 Å². The van der Waals surface area contributed by atoms with Gasteiger partial charge < -0.3 is 5.32 Å². The van der Waals surface area contributed by atoms with Gasteiger partial charge in [0.1, 0.15) is 6.04 Å². The van der Waals surface area contributed by atoms with E-state index in [4.69, 9.17) is 0 Å². The molecule has 0 aliphatic heterocycles. The van der Waals surface area contributed by atoms with Gasteiger partial charge in [-0.15, -0.1) is 11.3 Å². The van der Waals surface area contributed by atoms with Gasteiger partial charge in [0.2, 0.25) is 5.91 Å². The Morgan fingerprint density at radius 3 is 2.79 bits per heavy atom. The van der Waals surface area contributed by atoms with Crippen molar-refractivity contribution in [2.45, 2.75) is 39.7 Å². The highest BCUT2D eigenvalue weighted by atomic mass is 32.1. The highest BCUT2D eigenvalue weighted by Gasteiger charge is 2.23. The Morgan fingerprint density at radius 2 is 2.08 bits per heavy atom. The Hall–Kier alpha value is -2.21. The van der Waals surface area contributed by atoms with E-state index in [0.717, 1.165) is 26.9 Å². The number of carbonyl (C=O) groups excluding carboxylic acids is 1. The molecule has 0 bridgehead atoms. The maximum atomic E-state index is 13.1. The molecule has 0 fully saturated rings. The van der Waals surface area contributed by atoms with Crippen LogP contribution in [0.4, 0.5) is 0 Å². The Morgan fingerprint density at radius 1 is 1.33 bits per heavy atom. The standard InChI is InChI=1S/C18H21N3O2S/c1-4-10-19-17(22)13(5-2)21-18(23)15-12-8-6-7-9-14(12)24-16(15)11(3)20-21/h6-9,13H,4-5,10H2,1-3H3,(H,19,22)/t13-/m1/s1. The number of carbonyl (C=O) groups is 1. The second-order valence-electron chi connectivity index (χ2n) is 5.85. The first-order chi connectivity index (χ1) is 11.6. The lowest BCUT2D eigenvalue weighted by Gasteiger charge is -2.17. The van der Waals surface area contributed by atoms with Crippen LogP contribution in [0.3, 0.4) is 0 Å². The number of hydrogen-bond donors (Lipinski definition) is 1. The first-order valence-electron chi connectivity index (χ1n) is 8.26. The van der Waals surface area contributed by atoms with E-state index >= 15 is 0 Å². The average Bonchev–Trinajstić information content (AvgIpc) is 2.98. The lowest BCUT2D eigenvalue weighted by molar-refractivity contribution is -0.124. The molecule has 6 heteroatoms. The highest BCUT2D eigenvalue weighted by molar-refractivity contribution is 7.26. The van der Waals surface area contributed by atoms with Crippen molar-refractivity contribution in [3.05, 3.63) is 40.3 Å². The lowest BCUT2D eigenvalue weighted by atomic mass is 10.1. The molecular weight excluding hydrogens is 322 g/mol. The maximum absolute atomic E-state index is 13.1. The van der Waals surface area contributed by atoms with Gasteiger partial charge in [0.15, 0.2) is 0 Å². The minimum atomic E-state index is -0.578. The number of aromatic nitrogens is 2. The minimum Gasteiger partial charge on any atom is -0.354 e. The summed E-state index contributed by atoms with van der Waals surface area (Å²) in [5.41, 5.74) is 0.596. The number of amides is 1. The second-order valence-corrected chi connectivity index (χ2v) is 6.90. The molecule has 3 aromatic rings. The van der Waals surface area contributed by atoms with E-state index in [9.17, 15) is 9.59 Å². The van der Waals surface area contributed by atoms with Crippen LogP contribution in [0.5, 0.6) is 0 Å². The van der Waals surface area contributed by atoms with E-state index < -0.39 is 6.04 Å². The number of benzene rings is 1. The van der Waals surface area contributed by atoms with Crippen molar-refractivity contribution in [1.82, 2.24) is 15.1 Å². The average molecular weight is 343 g/mol. The quantitative estimate of drug-likeness (QED) is 0.772. The van der Waals surface area contributed by atoms with Crippen LogP contribution in [-0.2, 0) is 4.79 Å². The molecule has 0 saturated heterocycles. The van der Waals surface area contributed by atoms with Gasteiger partial charge >= 0.3 is 0 Å². The second kappa shape index (κ2) is 6.73. The molecule has 0 aliphatic rings. The molecule has 5 nitrogen and oxygen atoms in total. The fraction of sp³-hybridized carbons (Fsp3) is 0.389. The van der Waals surface area contributed by atoms with Crippen LogP contribution in [0.15, 0.2) is 29.1 Å². The van der Waals surface area contributed by atoms with E-state index in [-0.39, 0.29) is 11.5 Å². The smallest absolute Gasteiger partial charge is 0.276 e. The van der Waals surface area contributed by atoms with Crippen LogP contribution in [0.2, 0.25) is 0 Å². The fourth-order valence-electron chi connectivity index (χ4n) is 2.93. The van der Waals surface area contributed by atoms with Crippen LogP contribution in [-0.4, -0.2) is 22.2 Å². The molecule has 126 valence electrons. The monoisotopic (exact) mass is 343 g/mol. The van der Waals surface area contributed by atoms with E-state index in [2.05, 4.69) is 10.4 Å². The molecule has 2 aromatic heterocycles. The van der Waals surface area contributed by atoms with Crippen molar-refractivity contribution in [2.75, 3.05) is 6.54 Å². The number of fused-ring (bicyclic) bond motifs is 3.